The number of amides is 3. The van der Waals surface area contributed by atoms with E-state index in [1.165, 1.54) is 17.0 Å². The van der Waals surface area contributed by atoms with E-state index >= 15 is 0 Å². The maximum Gasteiger partial charge on any atom is 0.322 e. The molecule has 1 aromatic carbocycles. The molecule has 2 aliphatic heterocycles. The highest BCUT2D eigenvalue weighted by atomic mass is 19.1. The summed E-state index contributed by atoms with van der Waals surface area (Å²) in [5.74, 6) is 0.112. The predicted octanol–water partition coefficient (Wildman–Crippen LogP) is 2.97. The van der Waals surface area contributed by atoms with E-state index in [1.807, 2.05) is 0 Å². The number of hydrogen-bond donors (Lipinski definition) is 1. The first-order chi connectivity index (χ1) is 13.1. The monoisotopic (exact) mass is 367 g/mol. The molecule has 1 N–H and O–H groups in total. The van der Waals surface area contributed by atoms with Crippen molar-refractivity contribution in [1.29, 1.82) is 0 Å². The molecule has 0 saturated heterocycles. The van der Waals surface area contributed by atoms with Gasteiger partial charge in [-0.15, -0.1) is 6.58 Å². The van der Waals surface area contributed by atoms with E-state index in [0.717, 1.165) is 0 Å². The van der Waals surface area contributed by atoms with Gasteiger partial charge in [0.15, 0.2) is 0 Å². The van der Waals surface area contributed by atoms with Crippen molar-refractivity contribution in [1.82, 2.24) is 15.1 Å². The first-order valence-electron chi connectivity index (χ1n) is 8.57. The molecule has 1 atom stereocenters. The average Bonchev–Trinajstić information content (AvgIpc) is 3.27. The molecule has 1 aromatic heterocycles. The molecule has 0 fully saturated rings. The standard InChI is InChI=1S/C20H18FN3O3/c1-2-9-24-16-12-23(11-15-4-3-10-27-15)19(25)17(16)18(22-20(24)26)13-5-7-14(21)8-6-13/h2-8,10,18H,1,9,11-12H2,(H,22,26)/t18-/m1/s1. The van der Waals surface area contributed by atoms with Gasteiger partial charge in [0, 0.05) is 6.54 Å². The van der Waals surface area contributed by atoms with E-state index < -0.39 is 6.04 Å². The van der Waals surface area contributed by atoms with E-state index in [2.05, 4.69) is 11.9 Å². The minimum absolute atomic E-state index is 0.176. The predicted molar refractivity (Wildman–Crippen MR) is 95.7 cm³/mol. The number of nitrogens with zero attached hydrogens (tertiary/aromatic N) is 2. The minimum Gasteiger partial charge on any atom is -0.467 e. The molecule has 138 valence electrons. The third-order valence-corrected chi connectivity index (χ3v) is 4.74. The highest BCUT2D eigenvalue weighted by molar-refractivity contribution is 6.01. The number of benzene rings is 1. The molecule has 2 aromatic rings. The number of urea groups is 1. The van der Waals surface area contributed by atoms with Gasteiger partial charge in [0.1, 0.15) is 11.6 Å². The van der Waals surface area contributed by atoms with Crippen LogP contribution in [-0.2, 0) is 11.3 Å². The SMILES string of the molecule is C=CCN1C(=O)N[C@H](c2ccc(F)cc2)C2=C1CN(Cc1ccco1)C2=O. The second kappa shape index (κ2) is 6.75. The van der Waals surface area contributed by atoms with Crippen molar-refractivity contribution in [3.63, 3.8) is 0 Å². The van der Waals surface area contributed by atoms with Gasteiger partial charge < -0.3 is 14.6 Å². The van der Waals surface area contributed by atoms with Crippen LogP contribution in [-0.4, -0.2) is 34.8 Å². The summed E-state index contributed by atoms with van der Waals surface area (Å²) < 4.78 is 18.7. The molecule has 6 nitrogen and oxygen atoms in total. The van der Waals surface area contributed by atoms with Crippen LogP contribution >= 0.6 is 0 Å². The summed E-state index contributed by atoms with van der Waals surface area (Å²) in [7, 11) is 0. The molecule has 0 bridgehead atoms. The van der Waals surface area contributed by atoms with Crippen molar-refractivity contribution in [2.24, 2.45) is 0 Å². The lowest BCUT2D eigenvalue weighted by Crippen LogP contribution is -2.47. The van der Waals surface area contributed by atoms with Crippen LogP contribution in [0.5, 0.6) is 0 Å². The lowest BCUT2D eigenvalue weighted by atomic mass is 9.95. The molecule has 0 radical (unpaired) electrons. The van der Waals surface area contributed by atoms with Gasteiger partial charge in [-0.05, 0) is 29.8 Å². The Morgan fingerprint density at radius 1 is 1.26 bits per heavy atom. The lowest BCUT2D eigenvalue weighted by Gasteiger charge is -2.33. The molecule has 0 saturated carbocycles. The number of halogens is 1. The second-order valence-corrected chi connectivity index (χ2v) is 6.43. The Kier molecular flexibility index (Phi) is 4.27. The Morgan fingerprint density at radius 2 is 2.04 bits per heavy atom. The average molecular weight is 367 g/mol. The molecule has 3 heterocycles. The van der Waals surface area contributed by atoms with Gasteiger partial charge in [0.25, 0.3) is 5.91 Å². The zero-order chi connectivity index (χ0) is 19.0. The summed E-state index contributed by atoms with van der Waals surface area (Å²) in [5.41, 5.74) is 1.79. The number of rotatable bonds is 5. The molecular weight excluding hydrogens is 349 g/mol. The smallest absolute Gasteiger partial charge is 0.322 e. The van der Waals surface area contributed by atoms with Gasteiger partial charge in [0.2, 0.25) is 0 Å². The molecular formula is C20H18FN3O3. The normalized spacial score (nSPS) is 19.4. The zero-order valence-corrected chi connectivity index (χ0v) is 14.5. The summed E-state index contributed by atoms with van der Waals surface area (Å²) in [6, 6.07) is 8.42. The first kappa shape index (κ1) is 17.1. The summed E-state index contributed by atoms with van der Waals surface area (Å²) in [4.78, 5) is 28.9. The fourth-order valence-electron chi connectivity index (χ4n) is 3.49. The van der Waals surface area contributed by atoms with Crippen LogP contribution in [0.3, 0.4) is 0 Å². The molecule has 3 amide bonds. The van der Waals surface area contributed by atoms with Crippen LogP contribution in [0.1, 0.15) is 17.4 Å². The van der Waals surface area contributed by atoms with Crippen LogP contribution in [0.2, 0.25) is 0 Å². The number of furan rings is 1. The molecule has 27 heavy (non-hydrogen) atoms. The van der Waals surface area contributed by atoms with Crippen LogP contribution in [0.15, 0.2) is 71.0 Å². The zero-order valence-electron chi connectivity index (χ0n) is 14.5. The van der Waals surface area contributed by atoms with E-state index in [1.54, 1.807) is 41.5 Å². The Bertz CT molecular complexity index is 918. The van der Waals surface area contributed by atoms with E-state index in [9.17, 15) is 14.0 Å². The lowest BCUT2D eigenvalue weighted by molar-refractivity contribution is -0.126. The summed E-state index contributed by atoms with van der Waals surface area (Å²) in [6.45, 7) is 4.59. The Hall–Kier alpha value is -3.35. The fraction of sp³-hybridized carbons (Fsp3) is 0.200. The summed E-state index contributed by atoms with van der Waals surface area (Å²) >= 11 is 0. The van der Waals surface area contributed by atoms with Gasteiger partial charge in [-0.25, -0.2) is 9.18 Å². The molecule has 4 rings (SSSR count). The van der Waals surface area contributed by atoms with Gasteiger partial charge in [-0.1, -0.05) is 18.2 Å². The largest absolute Gasteiger partial charge is 0.467 e. The van der Waals surface area contributed by atoms with Gasteiger partial charge in [-0.3, -0.25) is 9.69 Å². The highest BCUT2D eigenvalue weighted by Gasteiger charge is 2.43. The van der Waals surface area contributed by atoms with Crippen LogP contribution < -0.4 is 5.32 Å². The second-order valence-electron chi connectivity index (χ2n) is 6.43. The van der Waals surface area contributed by atoms with Crippen LogP contribution in [0.25, 0.3) is 0 Å². The molecule has 7 heteroatoms. The highest BCUT2D eigenvalue weighted by Crippen LogP contribution is 2.36. The van der Waals surface area contributed by atoms with E-state index in [-0.39, 0.29) is 17.8 Å². The topological polar surface area (TPSA) is 65.8 Å². The van der Waals surface area contributed by atoms with E-state index in [4.69, 9.17) is 4.42 Å². The Morgan fingerprint density at radius 3 is 2.70 bits per heavy atom. The van der Waals surface area contributed by atoms with Crippen molar-refractivity contribution in [2.45, 2.75) is 12.6 Å². The third-order valence-electron chi connectivity index (χ3n) is 4.74. The molecule has 2 aliphatic rings. The molecule has 0 unspecified atom stereocenters. The first-order valence-corrected chi connectivity index (χ1v) is 8.57. The van der Waals surface area contributed by atoms with Gasteiger partial charge in [0.05, 0.1) is 36.7 Å². The van der Waals surface area contributed by atoms with Crippen molar-refractivity contribution in [3.8, 4) is 0 Å². The molecule has 0 spiro atoms. The third kappa shape index (κ3) is 3.01. The number of nitrogens with one attached hydrogen (secondary N) is 1. The fourth-order valence-corrected chi connectivity index (χ4v) is 3.49. The Labute approximate surface area is 155 Å². The summed E-state index contributed by atoms with van der Waals surface area (Å²) in [6.07, 6.45) is 3.17. The number of carbonyl (C=O) groups is 2. The number of hydrogen-bond acceptors (Lipinski definition) is 3. The van der Waals surface area contributed by atoms with Crippen molar-refractivity contribution in [3.05, 3.63) is 83.7 Å². The maximum absolute atomic E-state index is 13.3. The van der Waals surface area contributed by atoms with Crippen molar-refractivity contribution in [2.75, 3.05) is 13.1 Å². The van der Waals surface area contributed by atoms with Crippen molar-refractivity contribution < 1.29 is 18.4 Å². The number of carbonyl (C=O) groups excluding carboxylic acids is 2. The summed E-state index contributed by atoms with van der Waals surface area (Å²) in [5, 5.41) is 2.86. The van der Waals surface area contributed by atoms with Crippen molar-refractivity contribution >= 4 is 11.9 Å². The van der Waals surface area contributed by atoms with Gasteiger partial charge >= 0.3 is 6.03 Å². The Balaban J connectivity index is 1.72. The minimum atomic E-state index is -0.622. The van der Waals surface area contributed by atoms with Crippen LogP contribution in [0, 0.1) is 5.82 Å². The van der Waals surface area contributed by atoms with E-state index in [0.29, 0.717) is 42.2 Å². The van der Waals surface area contributed by atoms with Crippen LogP contribution in [0.4, 0.5) is 9.18 Å². The quantitative estimate of drug-likeness (QED) is 0.827. The van der Waals surface area contributed by atoms with Gasteiger partial charge in [-0.2, -0.15) is 0 Å². The maximum atomic E-state index is 13.3. The molecule has 0 aliphatic carbocycles.